The van der Waals surface area contributed by atoms with Crippen LogP contribution < -0.4 is 10.1 Å². The van der Waals surface area contributed by atoms with E-state index in [9.17, 15) is 13.6 Å². The number of likely N-dealkylation sites (N-methyl/N-ethyl adjacent to an activating group) is 1. The summed E-state index contributed by atoms with van der Waals surface area (Å²) in [6, 6.07) is 5.59. The standard InChI is InChI=1S/C15H20F2N2O3/c1-2-19(10-13-4-3-9-21-13)15(20)18-11-5-7-12(8-6-11)22-14(16)17/h5-8,13-14H,2-4,9-10H2,1H3,(H,18,20)/t13-/m1/s1. The lowest BCUT2D eigenvalue weighted by molar-refractivity contribution is -0.0498. The van der Waals surface area contributed by atoms with Crippen LogP contribution in [-0.2, 0) is 4.74 Å². The molecule has 1 fully saturated rings. The van der Waals surface area contributed by atoms with Crippen LogP contribution in [0.3, 0.4) is 0 Å². The zero-order valence-electron chi connectivity index (χ0n) is 12.4. The number of nitrogens with one attached hydrogen (secondary N) is 1. The van der Waals surface area contributed by atoms with Gasteiger partial charge in [0, 0.05) is 25.4 Å². The van der Waals surface area contributed by atoms with Crippen molar-refractivity contribution in [3.63, 3.8) is 0 Å². The zero-order valence-corrected chi connectivity index (χ0v) is 12.4. The maximum Gasteiger partial charge on any atom is 0.387 e. The fraction of sp³-hybridized carbons (Fsp3) is 0.533. The quantitative estimate of drug-likeness (QED) is 0.876. The van der Waals surface area contributed by atoms with Crippen LogP contribution in [0, 0.1) is 0 Å². The van der Waals surface area contributed by atoms with Gasteiger partial charge in [0.05, 0.1) is 6.10 Å². The predicted octanol–water partition coefficient (Wildman–Crippen LogP) is 3.32. The lowest BCUT2D eigenvalue weighted by Crippen LogP contribution is -2.39. The average Bonchev–Trinajstić information content (AvgIpc) is 2.99. The van der Waals surface area contributed by atoms with Crippen molar-refractivity contribution >= 4 is 11.7 Å². The van der Waals surface area contributed by atoms with Crippen molar-refractivity contribution in [3.05, 3.63) is 24.3 Å². The number of amides is 2. The lowest BCUT2D eigenvalue weighted by Gasteiger charge is -2.24. The van der Waals surface area contributed by atoms with Gasteiger partial charge in [0.1, 0.15) is 5.75 Å². The number of anilines is 1. The minimum absolute atomic E-state index is 0.0553. The molecule has 1 aliphatic rings. The first kappa shape index (κ1) is 16.5. The van der Waals surface area contributed by atoms with Gasteiger partial charge < -0.3 is 19.7 Å². The van der Waals surface area contributed by atoms with Crippen molar-refractivity contribution in [3.8, 4) is 5.75 Å². The first-order valence-corrected chi connectivity index (χ1v) is 7.31. The molecule has 2 rings (SSSR count). The Kier molecular flexibility index (Phi) is 5.94. The van der Waals surface area contributed by atoms with E-state index < -0.39 is 6.61 Å². The molecule has 5 nitrogen and oxygen atoms in total. The van der Waals surface area contributed by atoms with Gasteiger partial charge in [0.15, 0.2) is 0 Å². The van der Waals surface area contributed by atoms with Crippen LogP contribution in [0.2, 0.25) is 0 Å². The molecule has 7 heteroatoms. The van der Waals surface area contributed by atoms with Crippen molar-refractivity contribution < 1.29 is 23.0 Å². The van der Waals surface area contributed by atoms with E-state index in [4.69, 9.17) is 4.74 Å². The summed E-state index contributed by atoms with van der Waals surface area (Å²) in [5, 5.41) is 2.74. The van der Waals surface area contributed by atoms with Gasteiger partial charge in [-0.2, -0.15) is 8.78 Å². The highest BCUT2D eigenvalue weighted by atomic mass is 19.3. The van der Waals surface area contributed by atoms with Gasteiger partial charge in [0.25, 0.3) is 0 Å². The van der Waals surface area contributed by atoms with Crippen LogP contribution in [0.25, 0.3) is 0 Å². The molecular formula is C15H20F2N2O3. The van der Waals surface area contributed by atoms with E-state index in [-0.39, 0.29) is 17.9 Å². The molecule has 0 aromatic heterocycles. The minimum atomic E-state index is -2.86. The Balaban J connectivity index is 1.88. The van der Waals surface area contributed by atoms with Crippen LogP contribution >= 0.6 is 0 Å². The van der Waals surface area contributed by atoms with E-state index in [1.165, 1.54) is 24.3 Å². The van der Waals surface area contributed by atoms with E-state index >= 15 is 0 Å². The Labute approximate surface area is 128 Å². The molecule has 1 aromatic rings. The fourth-order valence-electron chi connectivity index (χ4n) is 2.31. The molecular weight excluding hydrogens is 294 g/mol. The van der Waals surface area contributed by atoms with Gasteiger partial charge in [0.2, 0.25) is 0 Å². The van der Waals surface area contributed by atoms with E-state index in [0.29, 0.717) is 18.8 Å². The summed E-state index contributed by atoms with van der Waals surface area (Å²) in [6.07, 6.45) is 2.08. The molecule has 0 spiro atoms. The maximum atomic E-state index is 12.2. The third-order valence-electron chi connectivity index (χ3n) is 3.45. The van der Waals surface area contributed by atoms with Crippen molar-refractivity contribution in [2.45, 2.75) is 32.5 Å². The molecule has 2 amide bonds. The van der Waals surface area contributed by atoms with Gasteiger partial charge in [-0.05, 0) is 44.0 Å². The molecule has 0 saturated carbocycles. The summed E-state index contributed by atoms with van der Waals surface area (Å²) in [4.78, 5) is 13.9. The molecule has 0 unspecified atom stereocenters. The molecule has 0 radical (unpaired) electrons. The predicted molar refractivity (Wildman–Crippen MR) is 78.3 cm³/mol. The van der Waals surface area contributed by atoms with Gasteiger partial charge >= 0.3 is 12.6 Å². The van der Waals surface area contributed by atoms with Crippen molar-refractivity contribution in [1.29, 1.82) is 0 Å². The number of hydrogen-bond acceptors (Lipinski definition) is 3. The second kappa shape index (κ2) is 7.93. The molecule has 0 aliphatic carbocycles. The van der Waals surface area contributed by atoms with E-state index in [1.807, 2.05) is 6.92 Å². The molecule has 122 valence electrons. The molecule has 22 heavy (non-hydrogen) atoms. The molecule has 1 atom stereocenters. The third-order valence-corrected chi connectivity index (χ3v) is 3.45. The Morgan fingerprint density at radius 1 is 1.45 bits per heavy atom. The number of benzene rings is 1. The normalized spacial score (nSPS) is 17.5. The lowest BCUT2D eigenvalue weighted by atomic mass is 10.2. The zero-order chi connectivity index (χ0) is 15.9. The van der Waals surface area contributed by atoms with Crippen molar-refractivity contribution in [2.24, 2.45) is 0 Å². The SMILES string of the molecule is CCN(C[C@H]1CCCO1)C(=O)Nc1ccc(OC(F)F)cc1. The topological polar surface area (TPSA) is 50.8 Å². The number of rotatable bonds is 6. The number of hydrogen-bond donors (Lipinski definition) is 1. The second-order valence-electron chi connectivity index (χ2n) is 5.01. The summed E-state index contributed by atoms with van der Waals surface area (Å²) in [5.74, 6) is 0.0553. The molecule has 1 N–H and O–H groups in total. The Bertz CT molecular complexity index is 476. The van der Waals surface area contributed by atoms with Gasteiger partial charge in [-0.25, -0.2) is 4.79 Å². The van der Waals surface area contributed by atoms with Gasteiger partial charge in [-0.15, -0.1) is 0 Å². The Hall–Kier alpha value is -1.89. The summed E-state index contributed by atoms with van der Waals surface area (Å²) >= 11 is 0. The van der Waals surface area contributed by atoms with Crippen LogP contribution in [-0.4, -0.2) is 43.3 Å². The highest BCUT2D eigenvalue weighted by Gasteiger charge is 2.21. The van der Waals surface area contributed by atoms with Crippen molar-refractivity contribution in [1.82, 2.24) is 4.90 Å². The second-order valence-corrected chi connectivity index (χ2v) is 5.01. The van der Waals surface area contributed by atoms with E-state index in [2.05, 4.69) is 10.1 Å². The number of urea groups is 1. The third kappa shape index (κ3) is 4.84. The Morgan fingerprint density at radius 3 is 2.73 bits per heavy atom. The smallest absolute Gasteiger partial charge is 0.387 e. The van der Waals surface area contributed by atoms with E-state index in [1.54, 1.807) is 4.90 Å². The fourth-order valence-corrected chi connectivity index (χ4v) is 2.31. The molecule has 0 bridgehead atoms. The van der Waals surface area contributed by atoms with Crippen LogP contribution in [0.15, 0.2) is 24.3 Å². The molecule has 1 aromatic carbocycles. The van der Waals surface area contributed by atoms with Gasteiger partial charge in [-0.3, -0.25) is 0 Å². The van der Waals surface area contributed by atoms with Crippen LogP contribution in [0.5, 0.6) is 5.75 Å². The molecule has 1 heterocycles. The molecule has 1 aliphatic heterocycles. The number of ether oxygens (including phenoxy) is 2. The maximum absolute atomic E-state index is 12.2. The number of halogens is 2. The van der Waals surface area contributed by atoms with Crippen molar-refractivity contribution in [2.75, 3.05) is 25.0 Å². The largest absolute Gasteiger partial charge is 0.435 e. The summed E-state index contributed by atoms with van der Waals surface area (Å²) in [6.45, 7) is 0.902. The number of carbonyl (C=O) groups is 1. The van der Waals surface area contributed by atoms with Gasteiger partial charge in [-0.1, -0.05) is 0 Å². The Morgan fingerprint density at radius 2 is 2.18 bits per heavy atom. The summed E-state index contributed by atoms with van der Waals surface area (Å²) in [5.41, 5.74) is 0.525. The number of nitrogens with zero attached hydrogens (tertiary/aromatic N) is 1. The minimum Gasteiger partial charge on any atom is -0.435 e. The average molecular weight is 314 g/mol. The first-order chi connectivity index (χ1) is 10.6. The summed E-state index contributed by atoms with van der Waals surface area (Å²) in [7, 11) is 0. The number of alkyl halides is 2. The summed E-state index contributed by atoms with van der Waals surface area (Å²) < 4.78 is 33.9. The van der Waals surface area contributed by atoms with E-state index in [0.717, 1.165) is 19.4 Å². The number of carbonyl (C=O) groups excluding carboxylic acids is 1. The van der Waals surface area contributed by atoms with Crippen LogP contribution in [0.1, 0.15) is 19.8 Å². The highest BCUT2D eigenvalue weighted by molar-refractivity contribution is 5.89. The monoisotopic (exact) mass is 314 g/mol. The molecule has 1 saturated heterocycles. The highest BCUT2D eigenvalue weighted by Crippen LogP contribution is 2.18. The van der Waals surface area contributed by atoms with Crippen LogP contribution in [0.4, 0.5) is 19.3 Å². The first-order valence-electron chi connectivity index (χ1n) is 7.31.